The first-order chi connectivity index (χ1) is 12.7. The lowest BCUT2D eigenvalue weighted by molar-refractivity contribution is -0.140. The van der Waals surface area contributed by atoms with Gasteiger partial charge in [0, 0.05) is 50.3 Å². The molecule has 1 amide bonds. The van der Waals surface area contributed by atoms with E-state index in [2.05, 4.69) is 27.0 Å². The zero-order valence-corrected chi connectivity index (χ0v) is 15.9. The summed E-state index contributed by atoms with van der Waals surface area (Å²) in [5, 5.41) is 3.28. The van der Waals surface area contributed by atoms with Crippen LogP contribution < -0.4 is 10.2 Å². The first-order valence-electron chi connectivity index (χ1n) is 10.3. The average molecular weight is 358 g/mol. The predicted molar refractivity (Wildman–Crippen MR) is 103 cm³/mol. The van der Waals surface area contributed by atoms with E-state index in [0.717, 1.165) is 50.8 Å². The predicted octanol–water partition coefficient (Wildman–Crippen LogP) is 3.06. The van der Waals surface area contributed by atoms with Crippen molar-refractivity contribution in [3.63, 3.8) is 0 Å². The summed E-state index contributed by atoms with van der Waals surface area (Å²) in [4.78, 5) is 26.4. The molecule has 4 rings (SSSR count). The van der Waals surface area contributed by atoms with Crippen molar-refractivity contribution >= 4 is 17.7 Å². The molecule has 1 aromatic rings. The van der Waals surface area contributed by atoms with Crippen LogP contribution in [0.5, 0.6) is 0 Å². The van der Waals surface area contributed by atoms with Crippen molar-refractivity contribution in [1.82, 2.24) is 14.9 Å². The van der Waals surface area contributed by atoms with Crippen LogP contribution in [-0.2, 0) is 4.79 Å². The van der Waals surface area contributed by atoms with Gasteiger partial charge in [-0.25, -0.2) is 4.98 Å². The van der Waals surface area contributed by atoms with Crippen LogP contribution in [0.15, 0.2) is 12.3 Å². The van der Waals surface area contributed by atoms with E-state index in [1.807, 2.05) is 12.3 Å². The van der Waals surface area contributed by atoms with Crippen molar-refractivity contribution in [2.24, 2.45) is 5.41 Å². The van der Waals surface area contributed by atoms with E-state index in [1.165, 1.54) is 32.1 Å². The van der Waals surface area contributed by atoms with Crippen LogP contribution in [0.1, 0.15) is 58.3 Å². The Labute approximate surface area is 156 Å². The minimum atomic E-state index is 0.215. The Morgan fingerprint density at radius 2 is 2.08 bits per heavy atom. The molecule has 6 heteroatoms. The molecule has 2 saturated heterocycles. The summed E-state index contributed by atoms with van der Waals surface area (Å²) in [7, 11) is 0. The smallest absolute Gasteiger partial charge is 0.227 e. The molecule has 0 radical (unpaired) electrons. The van der Waals surface area contributed by atoms with Gasteiger partial charge in [0.15, 0.2) is 0 Å². The van der Waals surface area contributed by atoms with Crippen molar-refractivity contribution in [3.8, 4) is 0 Å². The number of amides is 1. The van der Waals surface area contributed by atoms with E-state index in [1.54, 1.807) is 0 Å². The summed E-state index contributed by atoms with van der Waals surface area (Å²) in [5.41, 5.74) is 0.215. The molecule has 3 fully saturated rings. The second-order valence-electron chi connectivity index (χ2n) is 8.26. The molecule has 1 atom stereocenters. The fraction of sp³-hybridized carbons (Fsp3) is 0.750. The highest BCUT2D eigenvalue weighted by molar-refractivity contribution is 5.77. The monoisotopic (exact) mass is 357 g/mol. The fourth-order valence-electron chi connectivity index (χ4n) is 5.09. The van der Waals surface area contributed by atoms with Crippen LogP contribution in [0.3, 0.4) is 0 Å². The van der Waals surface area contributed by atoms with Gasteiger partial charge in [0.2, 0.25) is 11.9 Å². The van der Waals surface area contributed by atoms with E-state index in [0.29, 0.717) is 18.4 Å². The van der Waals surface area contributed by atoms with Crippen molar-refractivity contribution < 1.29 is 4.79 Å². The summed E-state index contributed by atoms with van der Waals surface area (Å²) in [5.74, 6) is 2.10. The molecule has 142 valence electrons. The molecule has 0 aromatic carbocycles. The van der Waals surface area contributed by atoms with Crippen LogP contribution in [0.4, 0.5) is 11.8 Å². The lowest BCUT2D eigenvalue weighted by Gasteiger charge is -2.49. The molecule has 3 aliphatic rings. The van der Waals surface area contributed by atoms with Crippen LogP contribution in [0.2, 0.25) is 0 Å². The first kappa shape index (κ1) is 17.6. The molecule has 6 nitrogen and oxygen atoms in total. The van der Waals surface area contributed by atoms with Gasteiger partial charge in [-0.3, -0.25) is 4.79 Å². The van der Waals surface area contributed by atoms with E-state index in [4.69, 9.17) is 4.98 Å². The third-order valence-corrected chi connectivity index (χ3v) is 6.41. The standard InChI is InChI=1S/C20H31N5O/c1-2-21-17-9-12-22-19(23-17)24-13-5-10-20(14-24)11-8-18(26)25(15-20)16-6-3-4-7-16/h9,12,16H,2-8,10-11,13-15H2,1H3,(H,21,22,23)/t20-/m0/s1. The topological polar surface area (TPSA) is 61.4 Å². The zero-order chi connectivity index (χ0) is 18.0. The summed E-state index contributed by atoms with van der Waals surface area (Å²) in [6.45, 7) is 5.85. The molecule has 1 N–H and O–H groups in total. The first-order valence-corrected chi connectivity index (χ1v) is 10.3. The van der Waals surface area contributed by atoms with E-state index >= 15 is 0 Å². The number of likely N-dealkylation sites (tertiary alicyclic amines) is 1. The Morgan fingerprint density at radius 3 is 2.88 bits per heavy atom. The van der Waals surface area contributed by atoms with Crippen LogP contribution in [0, 0.1) is 5.41 Å². The van der Waals surface area contributed by atoms with Gasteiger partial charge in [-0.15, -0.1) is 0 Å². The van der Waals surface area contributed by atoms with E-state index < -0.39 is 0 Å². The highest BCUT2D eigenvalue weighted by atomic mass is 16.2. The summed E-state index contributed by atoms with van der Waals surface area (Å²) in [6, 6.07) is 2.41. The summed E-state index contributed by atoms with van der Waals surface area (Å²) < 4.78 is 0. The van der Waals surface area contributed by atoms with E-state index in [9.17, 15) is 4.79 Å². The molecular formula is C20H31N5O. The lowest BCUT2D eigenvalue weighted by atomic mass is 9.73. The Morgan fingerprint density at radius 1 is 1.23 bits per heavy atom. The SMILES string of the molecule is CCNc1ccnc(N2CCC[C@]3(CCC(=O)N(C4CCCC4)C3)C2)n1. The molecule has 0 bridgehead atoms. The molecule has 2 aliphatic heterocycles. The number of aromatic nitrogens is 2. The van der Waals surface area contributed by atoms with Crippen LogP contribution in [-0.4, -0.2) is 53.0 Å². The second-order valence-corrected chi connectivity index (χ2v) is 8.26. The highest BCUT2D eigenvalue weighted by Gasteiger charge is 2.44. The third kappa shape index (κ3) is 3.51. The Kier molecular flexibility index (Phi) is 5.00. The van der Waals surface area contributed by atoms with Crippen molar-refractivity contribution in [1.29, 1.82) is 0 Å². The third-order valence-electron chi connectivity index (χ3n) is 6.41. The average Bonchev–Trinajstić information content (AvgIpc) is 3.19. The molecule has 26 heavy (non-hydrogen) atoms. The summed E-state index contributed by atoms with van der Waals surface area (Å²) >= 11 is 0. The zero-order valence-electron chi connectivity index (χ0n) is 15.9. The normalized spacial score (nSPS) is 27.3. The minimum absolute atomic E-state index is 0.215. The quantitative estimate of drug-likeness (QED) is 0.897. The highest BCUT2D eigenvalue weighted by Crippen LogP contribution is 2.41. The number of hydrogen-bond donors (Lipinski definition) is 1. The number of rotatable bonds is 4. The molecule has 1 spiro atoms. The minimum Gasteiger partial charge on any atom is -0.370 e. The molecule has 1 aliphatic carbocycles. The van der Waals surface area contributed by atoms with Gasteiger partial charge in [0.25, 0.3) is 0 Å². The lowest BCUT2D eigenvalue weighted by Crippen LogP contribution is -2.56. The van der Waals surface area contributed by atoms with Gasteiger partial charge in [-0.2, -0.15) is 4.98 Å². The molecule has 0 unspecified atom stereocenters. The summed E-state index contributed by atoms with van der Waals surface area (Å²) in [6.07, 6.45) is 10.9. The van der Waals surface area contributed by atoms with Crippen molar-refractivity contribution in [2.75, 3.05) is 36.4 Å². The van der Waals surface area contributed by atoms with Crippen molar-refractivity contribution in [3.05, 3.63) is 12.3 Å². The molecule has 3 heterocycles. The fourth-order valence-corrected chi connectivity index (χ4v) is 5.09. The van der Waals surface area contributed by atoms with Gasteiger partial charge < -0.3 is 15.1 Å². The number of piperidine rings is 2. The maximum atomic E-state index is 12.6. The molecular weight excluding hydrogens is 326 g/mol. The van der Waals surface area contributed by atoms with Gasteiger partial charge in [0.1, 0.15) is 5.82 Å². The number of hydrogen-bond acceptors (Lipinski definition) is 5. The van der Waals surface area contributed by atoms with E-state index in [-0.39, 0.29) is 5.41 Å². The number of nitrogens with one attached hydrogen (secondary N) is 1. The molecule has 1 saturated carbocycles. The maximum Gasteiger partial charge on any atom is 0.227 e. The number of nitrogens with zero attached hydrogens (tertiary/aromatic N) is 4. The van der Waals surface area contributed by atoms with Crippen LogP contribution >= 0.6 is 0 Å². The Bertz CT molecular complexity index is 645. The maximum absolute atomic E-state index is 12.6. The largest absolute Gasteiger partial charge is 0.370 e. The number of carbonyl (C=O) groups excluding carboxylic acids is 1. The van der Waals surface area contributed by atoms with Gasteiger partial charge in [0.05, 0.1) is 0 Å². The number of anilines is 2. The number of carbonyl (C=O) groups is 1. The van der Waals surface area contributed by atoms with Crippen molar-refractivity contribution in [2.45, 2.75) is 64.3 Å². The van der Waals surface area contributed by atoms with Gasteiger partial charge >= 0.3 is 0 Å². The Hall–Kier alpha value is -1.85. The second kappa shape index (κ2) is 7.41. The molecule has 1 aromatic heterocycles. The van der Waals surface area contributed by atoms with Gasteiger partial charge in [-0.05, 0) is 45.1 Å². The van der Waals surface area contributed by atoms with Crippen LogP contribution in [0.25, 0.3) is 0 Å². The Balaban J connectivity index is 1.50. The van der Waals surface area contributed by atoms with Gasteiger partial charge in [-0.1, -0.05) is 12.8 Å².